The van der Waals surface area contributed by atoms with Crippen LogP contribution in [0.3, 0.4) is 0 Å². The van der Waals surface area contributed by atoms with E-state index in [0.717, 1.165) is 35.2 Å². The molecular formula is C17H22ClO2P. The molecule has 0 N–H and O–H groups in total. The molecule has 2 aromatic rings. The Labute approximate surface area is 132 Å². The number of para-hydroxylation sites is 2. The Balaban J connectivity index is 2.24. The van der Waals surface area contributed by atoms with Crippen LogP contribution in [-0.4, -0.2) is 6.16 Å². The first-order valence-corrected chi connectivity index (χ1v) is 10.3. The first-order valence-electron chi connectivity index (χ1n) is 7.22. The van der Waals surface area contributed by atoms with Gasteiger partial charge in [-0.15, -0.1) is 0 Å². The topological polar surface area (TPSA) is 18.5 Å². The van der Waals surface area contributed by atoms with Crippen LogP contribution >= 0.6 is 18.3 Å². The van der Waals surface area contributed by atoms with E-state index in [9.17, 15) is 0 Å². The fourth-order valence-corrected chi connectivity index (χ4v) is 5.12. The summed E-state index contributed by atoms with van der Waals surface area (Å²) in [7, 11) is -2.82. The first-order chi connectivity index (χ1) is 10.0. The molecule has 0 amide bonds. The molecule has 0 aliphatic rings. The summed E-state index contributed by atoms with van der Waals surface area (Å²) in [5, 5.41) is 0. The van der Waals surface area contributed by atoms with Crippen LogP contribution in [0.15, 0.2) is 48.5 Å². The average molecular weight is 325 g/mol. The van der Waals surface area contributed by atoms with E-state index < -0.39 is 7.07 Å². The molecule has 0 bridgehead atoms. The van der Waals surface area contributed by atoms with E-state index in [4.69, 9.17) is 20.3 Å². The van der Waals surface area contributed by atoms with Gasteiger partial charge in [0.05, 0.1) is 0 Å². The zero-order chi connectivity index (χ0) is 15.3. The molecular weight excluding hydrogens is 303 g/mol. The Bertz CT molecular complexity index is 553. The van der Waals surface area contributed by atoms with Crippen molar-refractivity contribution in [1.29, 1.82) is 0 Å². The summed E-state index contributed by atoms with van der Waals surface area (Å²) in [6.07, 6.45) is 1.66. The molecule has 0 saturated heterocycles. The van der Waals surface area contributed by atoms with Gasteiger partial charge in [0.15, 0.2) is 0 Å². The number of benzene rings is 2. The number of aryl methyl sites for hydroxylation is 2. The molecule has 0 saturated carbocycles. The molecule has 2 nitrogen and oxygen atoms in total. The van der Waals surface area contributed by atoms with E-state index in [1.165, 1.54) is 0 Å². The van der Waals surface area contributed by atoms with Crippen molar-refractivity contribution in [3.8, 4) is 11.5 Å². The number of hydrogen-bond acceptors (Lipinski definition) is 2. The third kappa shape index (κ3) is 4.36. The van der Waals surface area contributed by atoms with Gasteiger partial charge in [0.1, 0.15) is 0 Å². The minimum atomic E-state index is -2.82. The summed E-state index contributed by atoms with van der Waals surface area (Å²) in [6.45, 7) is 6.12. The predicted molar refractivity (Wildman–Crippen MR) is 92.9 cm³/mol. The van der Waals surface area contributed by atoms with Crippen LogP contribution in [0.5, 0.6) is 11.5 Å². The summed E-state index contributed by atoms with van der Waals surface area (Å²) in [4.78, 5) is 0. The molecule has 0 radical (unpaired) electrons. The van der Waals surface area contributed by atoms with Crippen LogP contribution < -0.4 is 9.05 Å². The number of hydrogen-bond donors (Lipinski definition) is 0. The standard InChI is InChI=1S/C17H22ClO2P/c1-4-13-21(18,19-16-11-7-5-9-14(16)2)20-17-12-8-6-10-15(17)3/h5-12,21H,4,13H2,1-3H3. The van der Waals surface area contributed by atoms with Crippen LogP contribution in [0.25, 0.3) is 0 Å². The van der Waals surface area contributed by atoms with Crippen LogP contribution in [0.2, 0.25) is 0 Å². The molecule has 114 valence electrons. The molecule has 2 rings (SSSR count). The Morgan fingerprint density at radius 1 is 0.857 bits per heavy atom. The minimum absolute atomic E-state index is 0.733. The van der Waals surface area contributed by atoms with Crippen molar-refractivity contribution in [3.63, 3.8) is 0 Å². The zero-order valence-corrected chi connectivity index (χ0v) is 14.5. The van der Waals surface area contributed by atoms with E-state index in [1.807, 2.05) is 62.4 Å². The zero-order valence-electron chi connectivity index (χ0n) is 12.7. The maximum atomic E-state index is 6.75. The predicted octanol–water partition coefficient (Wildman–Crippen LogP) is 5.90. The van der Waals surface area contributed by atoms with Gasteiger partial charge < -0.3 is 0 Å². The van der Waals surface area contributed by atoms with Gasteiger partial charge in [0, 0.05) is 0 Å². The number of rotatable bonds is 6. The molecule has 0 heterocycles. The summed E-state index contributed by atoms with van der Waals surface area (Å²) in [5.41, 5.74) is 2.14. The van der Waals surface area contributed by atoms with Crippen molar-refractivity contribution < 1.29 is 9.05 Å². The van der Waals surface area contributed by atoms with Gasteiger partial charge in [-0.1, -0.05) is 0 Å². The van der Waals surface area contributed by atoms with Gasteiger partial charge in [-0.2, -0.15) is 0 Å². The molecule has 0 fully saturated rings. The molecule has 0 aromatic heterocycles. The Morgan fingerprint density at radius 3 is 1.67 bits per heavy atom. The van der Waals surface area contributed by atoms with Gasteiger partial charge in [0.2, 0.25) is 0 Å². The molecule has 0 aliphatic heterocycles. The van der Waals surface area contributed by atoms with Crippen LogP contribution in [0.4, 0.5) is 0 Å². The Kier molecular flexibility index (Phi) is 5.50. The summed E-state index contributed by atoms with van der Waals surface area (Å²) >= 11 is 6.75. The van der Waals surface area contributed by atoms with Crippen molar-refractivity contribution in [2.75, 3.05) is 6.16 Å². The second kappa shape index (κ2) is 7.15. The number of halogens is 1. The fourth-order valence-electron chi connectivity index (χ4n) is 2.09. The SMILES string of the molecule is CCC[PH](Cl)(Oc1ccccc1C)Oc1ccccc1C. The van der Waals surface area contributed by atoms with Crippen LogP contribution in [0.1, 0.15) is 24.5 Å². The summed E-state index contributed by atoms with van der Waals surface area (Å²) in [5.74, 6) is 1.61. The monoisotopic (exact) mass is 324 g/mol. The normalized spacial score (nSPS) is 12.0. The molecule has 0 spiro atoms. The van der Waals surface area contributed by atoms with Gasteiger partial charge in [0.25, 0.3) is 0 Å². The second-order valence-corrected chi connectivity index (χ2v) is 9.10. The van der Waals surface area contributed by atoms with Crippen molar-refractivity contribution in [3.05, 3.63) is 59.7 Å². The van der Waals surface area contributed by atoms with E-state index in [-0.39, 0.29) is 0 Å². The van der Waals surface area contributed by atoms with Gasteiger partial charge in [-0.3, -0.25) is 0 Å². The van der Waals surface area contributed by atoms with Gasteiger partial charge >= 0.3 is 132 Å². The van der Waals surface area contributed by atoms with Crippen molar-refractivity contribution in [1.82, 2.24) is 0 Å². The summed E-state index contributed by atoms with van der Waals surface area (Å²) < 4.78 is 12.2. The Hall–Kier alpha value is -1.24. The second-order valence-electron chi connectivity index (χ2n) is 5.15. The molecule has 21 heavy (non-hydrogen) atoms. The van der Waals surface area contributed by atoms with Gasteiger partial charge in [-0.05, 0) is 0 Å². The molecule has 0 aliphatic carbocycles. The van der Waals surface area contributed by atoms with Crippen LogP contribution in [0, 0.1) is 13.8 Å². The maximum absolute atomic E-state index is 6.75. The Morgan fingerprint density at radius 2 is 1.29 bits per heavy atom. The van der Waals surface area contributed by atoms with Gasteiger partial charge in [-0.25, -0.2) is 0 Å². The molecule has 4 heteroatoms. The molecule has 0 unspecified atom stereocenters. The van der Waals surface area contributed by atoms with Crippen molar-refractivity contribution in [2.24, 2.45) is 0 Å². The van der Waals surface area contributed by atoms with E-state index in [1.54, 1.807) is 0 Å². The van der Waals surface area contributed by atoms with E-state index in [2.05, 4.69) is 6.92 Å². The van der Waals surface area contributed by atoms with E-state index in [0.29, 0.717) is 0 Å². The quantitative estimate of drug-likeness (QED) is 0.615. The third-order valence-electron chi connectivity index (χ3n) is 3.26. The average Bonchev–Trinajstić information content (AvgIpc) is 2.44. The molecule has 2 aromatic carbocycles. The molecule has 0 atom stereocenters. The van der Waals surface area contributed by atoms with Crippen LogP contribution in [-0.2, 0) is 0 Å². The van der Waals surface area contributed by atoms with E-state index >= 15 is 0 Å². The first kappa shape index (κ1) is 16.1. The van der Waals surface area contributed by atoms with Crippen molar-refractivity contribution in [2.45, 2.75) is 27.2 Å². The third-order valence-corrected chi connectivity index (χ3v) is 6.44. The van der Waals surface area contributed by atoms with Crippen molar-refractivity contribution >= 4 is 18.3 Å². The summed E-state index contributed by atoms with van der Waals surface area (Å²) in [6, 6.07) is 15.8. The fraction of sp³-hybridized carbons (Fsp3) is 0.294.